The topological polar surface area (TPSA) is 87.9 Å². The average molecular weight is 308 g/mol. The lowest BCUT2D eigenvalue weighted by atomic mass is 10.1. The Hall–Kier alpha value is -0.250. The highest BCUT2D eigenvalue weighted by atomic mass is 32.2. The van der Waals surface area contributed by atoms with Crippen LogP contribution in [0.4, 0.5) is 0 Å². The van der Waals surface area contributed by atoms with Gasteiger partial charge in [-0.15, -0.1) is 0 Å². The van der Waals surface area contributed by atoms with Crippen LogP contribution < -0.4 is 10.5 Å². The van der Waals surface area contributed by atoms with Gasteiger partial charge in [0.2, 0.25) is 0 Å². The molecule has 3 N–H and O–H groups in total. The summed E-state index contributed by atoms with van der Waals surface area (Å²) in [4.78, 5) is 2.29. The second-order valence-electron chi connectivity index (χ2n) is 5.29. The number of nitrogens with one attached hydrogen (secondary N) is 1. The quantitative estimate of drug-likeness (QED) is 0.566. The molecule has 1 aliphatic heterocycles. The van der Waals surface area contributed by atoms with Gasteiger partial charge in [0, 0.05) is 39.8 Å². The molecule has 120 valence electrons. The molecular formula is C12H28N4O3S. The van der Waals surface area contributed by atoms with Gasteiger partial charge in [-0.1, -0.05) is 6.92 Å². The fourth-order valence-corrected chi connectivity index (χ4v) is 3.46. The van der Waals surface area contributed by atoms with Gasteiger partial charge in [0.15, 0.2) is 0 Å². The van der Waals surface area contributed by atoms with Gasteiger partial charge < -0.3 is 15.4 Å². The lowest BCUT2D eigenvalue weighted by Crippen LogP contribution is -2.44. The lowest BCUT2D eigenvalue weighted by molar-refractivity contribution is 0.203. The van der Waals surface area contributed by atoms with E-state index in [0.717, 1.165) is 26.1 Å². The van der Waals surface area contributed by atoms with Crippen LogP contribution in [0.5, 0.6) is 0 Å². The normalized spacial score (nSPS) is 20.8. The largest absolute Gasteiger partial charge is 0.383 e. The minimum atomic E-state index is -3.38. The van der Waals surface area contributed by atoms with Crippen LogP contribution in [0.1, 0.15) is 13.3 Å². The average Bonchev–Trinajstić information content (AvgIpc) is 2.65. The Morgan fingerprint density at radius 3 is 2.70 bits per heavy atom. The monoisotopic (exact) mass is 308 g/mol. The van der Waals surface area contributed by atoms with Crippen LogP contribution in [-0.4, -0.2) is 77.2 Å². The number of nitrogens with zero attached hydrogens (tertiary/aromatic N) is 2. The van der Waals surface area contributed by atoms with Crippen molar-refractivity contribution in [2.75, 3.05) is 59.5 Å². The number of ether oxygens (including phenoxy) is 1. The molecule has 0 bridgehead atoms. The Labute approximate surface area is 122 Å². The third-order valence-electron chi connectivity index (χ3n) is 3.45. The molecule has 1 saturated heterocycles. The first-order valence-corrected chi connectivity index (χ1v) is 8.59. The van der Waals surface area contributed by atoms with Crippen LogP contribution in [-0.2, 0) is 14.9 Å². The number of hydrogen-bond donors (Lipinski definition) is 2. The molecule has 0 spiro atoms. The van der Waals surface area contributed by atoms with Crippen LogP contribution in [0, 0.1) is 5.92 Å². The van der Waals surface area contributed by atoms with E-state index in [4.69, 9.17) is 10.5 Å². The molecule has 1 atom stereocenters. The van der Waals surface area contributed by atoms with Crippen molar-refractivity contribution in [2.24, 2.45) is 11.7 Å². The van der Waals surface area contributed by atoms with E-state index in [2.05, 4.69) is 16.5 Å². The van der Waals surface area contributed by atoms with Gasteiger partial charge in [-0.2, -0.15) is 17.4 Å². The van der Waals surface area contributed by atoms with Crippen LogP contribution in [0.15, 0.2) is 0 Å². The number of methoxy groups -OCH3 is 1. The summed E-state index contributed by atoms with van der Waals surface area (Å²) in [5.41, 5.74) is 5.64. The van der Waals surface area contributed by atoms with Crippen molar-refractivity contribution in [3.63, 3.8) is 0 Å². The Morgan fingerprint density at radius 1 is 1.30 bits per heavy atom. The highest BCUT2D eigenvalue weighted by molar-refractivity contribution is 7.87. The molecule has 20 heavy (non-hydrogen) atoms. The molecule has 7 nitrogen and oxygen atoms in total. The summed E-state index contributed by atoms with van der Waals surface area (Å²) < 4.78 is 33.2. The lowest BCUT2D eigenvalue weighted by Gasteiger charge is -2.23. The number of nitrogens with two attached hydrogens (primary N) is 1. The van der Waals surface area contributed by atoms with E-state index in [1.54, 1.807) is 7.11 Å². The number of rotatable bonds is 8. The summed E-state index contributed by atoms with van der Waals surface area (Å²) in [5, 5.41) is 0. The van der Waals surface area contributed by atoms with Crippen LogP contribution >= 0.6 is 0 Å². The third-order valence-corrected chi connectivity index (χ3v) is 5.06. The van der Waals surface area contributed by atoms with Crippen molar-refractivity contribution < 1.29 is 13.2 Å². The maximum Gasteiger partial charge on any atom is 0.279 e. The first kappa shape index (κ1) is 17.8. The molecule has 0 amide bonds. The Kier molecular flexibility index (Phi) is 7.93. The van der Waals surface area contributed by atoms with Crippen molar-refractivity contribution in [2.45, 2.75) is 13.3 Å². The summed E-state index contributed by atoms with van der Waals surface area (Å²) in [5.74, 6) is 0.443. The Balaban J connectivity index is 2.46. The maximum absolute atomic E-state index is 12.1. The van der Waals surface area contributed by atoms with Crippen LogP contribution in [0.25, 0.3) is 0 Å². The zero-order valence-electron chi connectivity index (χ0n) is 12.5. The van der Waals surface area contributed by atoms with E-state index in [9.17, 15) is 8.42 Å². The van der Waals surface area contributed by atoms with Gasteiger partial charge in [-0.05, 0) is 25.4 Å². The highest BCUT2D eigenvalue weighted by Crippen LogP contribution is 2.08. The fraction of sp³-hybridized carbons (Fsp3) is 1.00. The minimum absolute atomic E-state index is 0.309. The second kappa shape index (κ2) is 8.91. The molecule has 0 aromatic rings. The van der Waals surface area contributed by atoms with Gasteiger partial charge >= 0.3 is 0 Å². The smallest absolute Gasteiger partial charge is 0.279 e. The molecule has 1 aliphatic rings. The van der Waals surface area contributed by atoms with Gasteiger partial charge in [0.05, 0.1) is 6.61 Å². The summed E-state index contributed by atoms with van der Waals surface area (Å²) in [7, 11) is -1.83. The first-order chi connectivity index (χ1) is 9.49. The van der Waals surface area contributed by atoms with E-state index in [-0.39, 0.29) is 0 Å². The van der Waals surface area contributed by atoms with Crippen molar-refractivity contribution in [1.29, 1.82) is 0 Å². The summed E-state index contributed by atoms with van der Waals surface area (Å²) in [6.45, 7) is 7.18. The maximum atomic E-state index is 12.1. The van der Waals surface area contributed by atoms with Crippen molar-refractivity contribution in [1.82, 2.24) is 13.9 Å². The SMILES string of the molecule is COCCNS(=O)(=O)N1CCCN(CC(C)CN)CC1. The molecule has 0 saturated carbocycles. The zero-order chi connectivity index (χ0) is 15.0. The predicted octanol–water partition coefficient (Wildman–Crippen LogP) is -0.930. The predicted molar refractivity (Wildman–Crippen MR) is 79.6 cm³/mol. The molecule has 0 aromatic carbocycles. The molecular weight excluding hydrogens is 280 g/mol. The van der Waals surface area contributed by atoms with Crippen LogP contribution in [0.2, 0.25) is 0 Å². The van der Waals surface area contributed by atoms with Crippen LogP contribution in [0.3, 0.4) is 0 Å². The summed E-state index contributed by atoms with van der Waals surface area (Å²) in [6.07, 6.45) is 0.850. The van der Waals surface area contributed by atoms with E-state index < -0.39 is 10.2 Å². The first-order valence-electron chi connectivity index (χ1n) is 7.15. The fourth-order valence-electron chi connectivity index (χ4n) is 2.25. The minimum Gasteiger partial charge on any atom is -0.383 e. The molecule has 1 fully saturated rings. The van der Waals surface area contributed by atoms with Gasteiger partial charge in [-0.25, -0.2) is 0 Å². The van der Waals surface area contributed by atoms with Crippen molar-refractivity contribution in [3.05, 3.63) is 0 Å². The molecule has 1 unspecified atom stereocenters. The van der Waals surface area contributed by atoms with Gasteiger partial charge in [-0.3, -0.25) is 0 Å². The van der Waals surface area contributed by atoms with E-state index in [0.29, 0.717) is 38.7 Å². The molecule has 0 aromatic heterocycles. The Morgan fingerprint density at radius 2 is 2.05 bits per heavy atom. The van der Waals surface area contributed by atoms with E-state index >= 15 is 0 Å². The molecule has 0 aliphatic carbocycles. The summed E-state index contributed by atoms with van der Waals surface area (Å²) in [6, 6.07) is 0. The third kappa shape index (κ3) is 6.02. The zero-order valence-corrected chi connectivity index (χ0v) is 13.4. The second-order valence-corrected chi connectivity index (χ2v) is 7.04. The van der Waals surface area contributed by atoms with Crippen molar-refractivity contribution >= 4 is 10.2 Å². The molecule has 1 rings (SSSR count). The highest BCUT2D eigenvalue weighted by Gasteiger charge is 2.24. The molecule has 0 radical (unpaired) electrons. The number of hydrogen-bond acceptors (Lipinski definition) is 5. The van der Waals surface area contributed by atoms with Gasteiger partial charge in [0.1, 0.15) is 0 Å². The van der Waals surface area contributed by atoms with E-state index in [1.807, 2.05) is 0 Å². The Bertz CT molecular complexity index is 364. The van der Waals surface area contributed by atoms with Gasteiger partial charge in [0.25, 0.3) is 10.2 Å². The van der Waals surface area contributed by atoms with Crippen molar-refractivity contribution in [3.8, 4) is 0 Å². The molecule has 8 heteroatoms. The van der Waals surface area contributed by atoms with E-state index in [1.165, 1.54) is 4.31 Å². The summed E-state index contributed by atoms with van der Waals surface area (Å²) >= 11 is 0. The standard InChI is InChI=1S/C12H28N4O3S/c1-12(10-13)11-15-5-3-6-16(8-7-15)20(17,18)14-4-9-19-2/h12,14H,3-11,13H2,1-2H3. The molecule has 1 heterocycles.